The summed E-state index contributed by atoms with van der Waals surface area (Å²) < 4.78 is 13.5. The molecule has 0 aliphatic rings. The fourth-order valence-electron chi connectivity index (χ4n) is 2.46. The molecule has 0 unspecified atom stereocenters. The maximum Gasteiger partial charge on any atom is 0.313 e. The van der Waals surface area contributed by atoms with Crippen molar-refractivity contribution < 1.29 is 14.0 Å². The first kappa shape index (κ1) is 17.7. The van der Waals surface area contributed by atoms with Gasteiger partial charge in [-0.2, -0.15) is 0 Å². The second-order valence-corrected chi connectivity index (χ2v) is 5.51. The highest BCUT2D eigenvalue weighted by Gasteiger charge is 2.16. The summed E-state index contributed by atoms with van der Waals surface area (Å²) in [4.78, 5) is 24.0. The second kappa shape index (κ2) is 8.24. The van der Waals surface area contributed by atoms with E-state index in [1.54, 1.807) is 18.2 Å². The third-order valence-electron chi connectivity index (χ3n) is 3.82. The lowest BCUT2D eigenvalue weighted by Crippen LogP contribution is -2.36. The van der Waals surface area contributed by atoms with Gasteiger partial charge in [-0.25, -0.2) is 4.39 Å². The lowest BCUT2D eigenvalue weighted by Gasteiger charge is -2.13. The highest BCUT2D eigenvalue weighted by molar-refractivity contribution is 6.39. The van der Waals surface area contributed by atoms with Gasteiger partial charge in [0.1, 0.15) is 5.82 Å². The van der Waals surface area contributed by atoms with Crippen molar-refractivity contribution in [3.05, 3.63) is 65.0 Å². The van der Waals surface area contributed by atoms with Crippen molar-refractivity contribution in [2.75, 3.05) is 11.9 Å². The third kappa shape index (κ3) is 4.41. The summed E-state index contributed by atoms with van der Waals surface area (Å²) in [7, 11) is 0. The predicted molar refractivity (Wildman–Crippen MR) is 92.3 cm³/mol. The molecule has 0 aliphatic carbocycles. The van der Waals surface area contributed by atoms with Crippen molar-refractivity contribution >= 4 is 17.5 Å². The van der Waals surface area contributed by atoms with E-state index in [0.717, 1.165) is 17.5 Å². The Labute approximate surface area is 141 Å². The second-order valence-electron chi connectivity index (χ2n) is 5.51. The summed E-state index contributed by atoms with van der Waals surface area (Å²) in [6, 6.07) is 12.1. The zero-order valence-electron chi connectivity index (χ0n) is 13.9. The van der Waals surface area contributed by atoms with Gasteiger partial charge in [0.15, 0.2) is 0 Å². The lowest BCUT2D eigenvalue weighted by atomic mass is 10.1. The number of halogens is 1. The van der Waals surface area contributed by atoms with Crippen LogP contribution >= 0.6 is 0 Å². The van der Waals surface area contributed by atoms with Crippen LogP contribution in [0, 0.1) is 12.7 Å². The number of hydrogen-bond donors (Lipinski definition) is 2. The summed E-state index contributed by atoms with van der Waals surface area (Å²) in [5, 5.41) is 5.18. The smallest absolute Gasteiger partial charge is 0.313 e. The molecule has 24 heavy (non-hydrogen) atoms. The average molecular weight is 328 g/mol. The largest absolute Gasteiger partial charge is 0.347 e. The van der Waals surface area contributed by atoms with Crippen molar-refractivity contribution in [2.45, 2.75) is 26.7 Å². The zero-order chi connectivity index (χ0) is 17.5. The van der Waals surface area contributed by atoms with E-state index in [4.69, 9.17) is 0 Å². The fourth-order valence-corrected chi connectivity index (χ4v) is 2.46. The molecule has 0 spiro atoms. The van der Waals surface area contributed by atoms with Crippen LogP contribution in [0.5, 0.6) is 0 Å². The van der Waals surface area contributed by atoms with Gasteiger partial charge in [0.2, 0.25) is 0 Å². The Hall–Kier alpha value is -2.69. The molecular weight excluding hydrogens is 307 g/mol. The maximum absolute atomic E-state index is 13.5. The minimum absolute atomic E-state index is 0.196. The van der Waals surface area contributed by atoms with E-state index in [9.17, 15) is 14.0 Å². The van der Waals surface area contributed by atoms with Gasteiger partial charge in [-0.3, -0.25) is 9.59 Å². The maximum atomic E-state index is 13.5. The monoisotopic (exact) mass is 328 g/mol. The molecule has 2 amide bonds. The summed E-state index contributed by atoms with van der Waals surface area (Å²) in [6.07, 6.45) is 1.09. The van der Waals surface area contributed by atoms with Gasteiger partial charge in [-0.1, -0.05) is 43.3 Å². The van der Waals surface area contributed by atoms with Crippen LogP contribution in [0.3, 0.4) is 0 Å². The van der Waals surface area contributed by atoms with Crippen molar-refractivity contribution in [2.24, 2.45) is 0 Å². The molecule has 0 aliphatic heterocycles. The van der Waals surface area contributed by atoms with Gasteiger partial charge < -0.3 is 10.6 Å². The first-order chi connectivity index (χ1) is 11.5. The van der Waals surface area contributed by atoms with Gasteiger partial charge in [0, 0.05) is 12.2 Å². The molecule has 0 radical (unpaired) electrons. The molecule has 2 aromatic rings. The number of rotatable bonds is 5. The Balaban J connectivity index is 1.91. The lowest BCUT2D eigenvalue weighted by molar-refractivity contribution is -0.136. The van der Waals surface area contributed by atoms with Crippen LogP contribution in [-0.4, -0.2) is 18.4 Å². The van der Waals surface area contributed by atoms with Crippen LogP contribution in [0.25, 0.3) is 0 Å². The number of aryl methyl sites for hydroxylation is 2. The number of carbonyl (C=O) groups is 2. The topological polar surface area (TPSA) is 58.2 Å². The Morgan fingerprint density at radius 2 is 1.71 bits per heavy atom. The molecule has 0 bridgehead atoms. The van der Waals surface area contributed by atoms with Crippen LogP contribution in [0.2, 0.25) is 0 Å². The minimum atomic E-state index is -0.725. The molecule has 2 N–H and O–H groups in total. The Bertz CT molecular complexity index is 744. The minimum Gasteiger partial charge on any atom is -0.347 e. The highest BCUT2D eigenvalue weighted by Crippen LogP contribution is 2.20. The molecule has 0 saturated heterocycles. The highest BCUT2D eigenvalue weighted by atomic mass is 19.1. The summed E-state index contributed by atoms with van der Waals surface area (Å²) in [6.45, 7) is 4.06. The van der Waals surface area contributed by atoms with Crippen molar-refractivity contribution in [1.29, 1.82) is 0 Å². The number of amides is 2. The molecule has 2 aromatic carbocycles. The summed E-state index contributed by atoms with van der Waals surface area (Å²) in [5.74, 6) is -1.76. The Morgan fingerprint density at radius 1 is 1.00 bits per heavy atom. The molecule has 0 heterocycles. The van der Waals surface area contributed by atoms with Crippen LogP contribution in [-0.2, 0) is 22.4 Å². The SMILES string of the molecule is CCc1cccc(C)c1NC(=O)C(=O)NCCc1ccccc1F. The number of carbonyl (C=O) groups excluding carboxylic acids is 2. The number of nitrogens with one attached hydrogen (secondary N) is 2. The quantitative estimate of drug-likeness (QED) is 0.829. The molecular formula is C19H21FN2O2. The van der Waals surface area contributed by atoms with Gasteiger partial charge in [0.25, 0.3) is 0 Å². The molecule has 0 aromatic heterocycles. The van der Waals surface area contributed by atoms with E-state index >= 15 is 0 Å². The first-order valence-electron chi connectivity index (χ1n) is 7.94. The first-order valence-corrected chi connectivity index (χ1v) is 7.94. The normalized spacial score (nSPS) is 10.3. The molecule has 126 valence electrons. The van der Waals surface area contributed by atoms with Crippen molar-refractivity contribution in [1.82, 2.24) is 5.32 Å². The number of anilines is 1. The molecule has 4 nitrogen and oxygen atoms in total. The van der Waals surface area contributed by atoms with Crippen molar-refractivity contribution in [3.8, 4) is 0 Å². The van der Waals surface area contributed by atoms with Crippen molar-refractivity contribution in [3.63, 3.8) is 0 Å². The van der Waals surface area contributed by atoms with E-state index in [0.29, 0.717) is 17.7 Å². The molecule has 0 atom stereocenters. The predicted octanol–water partition coefficient (Wildman–Crippen LogP) is 2.99. The number of benzene rings is 2. The fraction of sp³-hybridized carbons (Fsp3) is 0.263. The Kier molecular flexibility index (Phi) is 6.07. The van der Waals surface area contributed by atoms with Gasteiger partial charge in [0.05, 0.1) is 0 Å². The van der Waals surface area contributed by atoms with E-state index in [1.165, 1.54) is 6.07 Å². The molecule has 0 saturated carbocycles. The van der Waals surface area contributed by atoms with Crippen LogP contribution < -0.4 is 10.6 Å². The summed E-state index contributed by atoms with van der Waals surface area (Å²) >= 11 is 0. The van der Waals surface area contributed by atoms with Gasteiger partial charge in [-0.05, 0) is 42.5 Å². The van der Waals surface area contributed by atoms with E-state index in [1.807, 2.05) is 32.0 Å². The molecule has 0 fully saturated rings. The molecule has 2 rings (SSSR count). The Morgan fingerprint density at radius 3 is 2.42 bits per heavy atom. The standard InChI is InChI=1S/C19H21FN2O2/c1-3-14-9-6-7-13(2)17(14)22-19(24)18(23)21-12-11-15-8-4-5-10-16(15)20/h4-10H,3,11-12H2,1-2H3,(H,21,23)(H,22,24). The van der Waals surface area contributed by atoms with Gasteiger partial charge >= 0.3 is 11.8 Å². The summed E-state index contributed by atoms with van der Waals surface area (Å²) in [5.41, 5.74) is 3.06. The van der Waals surface area contributed by atoms with Gasteiger partial charge in [-0.15, -0.1) is 0 Å². The number of para-hydroxylation sites is 1. The van der Waals surface area contributed by atoms with Crippen LogP contribution in [0.15, 0.2) is 42.5 Å². The van der Waals surface area contributed by atoms with Crippen LogP contribution in [0.1, 0.15) is 23.6 Å². The molecule has 5 heteroatoms. The van der Waals surface area contributed by atoms with E-state index in [-0.39, 0.29) is 12.4 Å². The third-order valence-corrected chi connectivity index (χ3v) is 3.82. The van der Waals surface area contributed by atoms with Crippen LogP contribution in [0.4, 0.5) is 10.1 Å². The average Bonchev–Trinajstić information content (AvgIpc) is 2.58. The van der Waals surface area contributed by atoms with E-state index in [2.05, 4.69) is 10.6 Å². The zero-order valence-corrected chi connectivity index (χ0v) is 13.9. The van der Waals surface area contributed by atoms with E-state index < -0.39 is 11.8 Å². The number of hydrogen-bond acceptors (Lipinski definition) is 2.